The van der Waals surface area contributed by atoms with E-state index in [-0.39, 0.29) is 5.91 Å². The van der Waals surface area contributed by atoms with Gasteiger partial charge in [0.05, 0.1) is 0 Å². The van der Waals surface area contributed by atoms with Gasteiger partial charge in [-0.1, -0.05) is 25.3 Å². The molecule has 0 aromatic carbocycles. The Balaban J connectivity index is 1.72. The Morgan fingerprint density at radius 1 is 1.21 bits per heavy atom. The van der Waals surface area contributed by atoms with Crippen LogP contribution in [0.1, 0.15) is 49.0 Å². The lowest BCUT2D eigenvalue weighted by atomic mass is 9.73. The van der Waals surface area contributed by atoms with Crippen LogP contribution < -0.4 is 5.73 Å². The van der Waals surface area contributed by atoms with Gasteiger partial charge >= 0.3 is 0 Å². The maximum atomic E-state index is 12.4. The van der Waals surface area contributed by atoms with Crippen molar-refractivity contribution in [3.63, 3.8) is 0 Å². The molecule has 0 atom stereocenters. The third kappa shape index (κ3) is 2.44. The van der Waals surface area contributed by atoms with Gasteiger partial charge < -0.3 is 10.6 Å². The molecule has 2 aliphatic rings. The predicted octanol–water partition coefficient (Wildman–Crippen LogP) is 2.46. The van der Waals surface area contributed by atoms with E-state index in [1.165, 1.54) is 32.1 Å². The Morgan fingerprint density at radius 2 is 2.00 bits per heavy atom. The van der Waals surface area contributed by atoms with E-state index in [4.69, 9.17) is 5.73 Å². The van der Waals surface area contributed by atoms with Gasteiger partial charge in [-0.05, 0) is 36.8 Å². The number of hydrogen-bond acceptors (Lipinski definition) is 3. The Bertz CT molecular complexity index is 480. The first-order chi connectivity index (χ1) is 9.19. The predicted molar refractivity (Wildman–Crippen MR) is 74.7 cm³/mol. The van der Waals surface area contributed by atoms with Crippen LogP contribution in [-0.2, 0) is 0 Å². The highest BCUT2D eigenvalue weighted by molar-refractivity contribution is 5.92. The van der Waals surface area contributed by atoms with E-state index >= 15 is 0 Å². The lowest BCUT2D eigenvalue weighted by molar-refractivity contribution is 0.0753. The van der Waals surface area contributed by atoms with Crippen LogP contribution in [0.15, 0.2) is 18.2 Å². The van der Waals surface area contributed by atoms with Crippen molar-refractivity contribution in [2.24, 2.45) is 5.41 Å². The number of likely N-dealkylation sites (tertiary alicyclic amines) is 1. The maximum Gasteiger partial charge on any atom is 0.272 e. The van der Waals surface area contributed by atoms with E-state index in [0.717, 1.165) is 19.5 Å². The molecule has 1 aromatic heterocycles. The SMILES string of the molecule is Nc1cccc(C(=O)N2CCC3(CCCCC3)C2)n1. The van der Waals surface area contributed by atoms with E-state index in [1.807, 2.05) is 4.90 Å². The number of pyridine rings is 1. The van der Waals surface area contributed by atoms with Crippen molar-refractivity contribution in [3.8, 4) is 0 Å². The van der Waals surface area contributed by atoms with Crippen LogP contribution in [0.3, 0.4) is 0 Å². The van der Waals surface area contributed by atoms with Gasteiger partial charge in [-0.15, -0.1) is 0 Å². The molecule has 1 aromatic rings. The van der Waals surface area contributed by atoms with Gasteiger partial charge in [0, 0.05) is 13.1 Å². The monoisotopic (exact) mass is 259 g/mol. The summed E-state index contributed by atoms with van der Waals surface area (Å²) in [6.07, 6.45) is 7.70. The Kier molecular flexibility index (Phi) is 3.17. The van der Waals surface area contributed by atoms with Crippen molar-refractivity contribution in [3.05, 3.63) is 23.9 Å². The van der Waals surface area contributed by atoms with E-state index in [9.17, 15) is 4.79 Å². The van der Waals surface area contributed by atoms with Crippen LogP contribution in [0.25, 0.3) is 0 Å². The fourth-order valence-corrected chi connectivity index (χ4v) is 3.55. The average Bonchev–Trinajstić information content (AvgIpc) is 2.82. The molecular weight excluding hydrogens is 238 g/mol. The smallest absolute Gasteiger partial charge is 0.272 e. The molecule has 1 saturated heterocycles. The minimum absolute atomic E-state index is 0.0368. The molecule has 2 heterocycles. The molecule has 2 N–H and O–H groups in total. The van der Waals surface area contributed by atoms with Gasteiger partial charge in [-0.3, -0.25) is 4.79 Å². The minimum Gasteiger partial charge on any atom is -0.384 e. The number of carbonyl (C=O) groups excluding carboxylic acids is 1. The third-order valence-electron chi connectivity index (χ3n) is 4.63. The number of amides is 1. The molecule has 1 spiro atoms. The van der Waals surface area contributed by atoms with Gasteiger partial charge in [0.1, 0.15) is 11.5 Å². The topological polar surface area (TPSA) is 59.2 Å². The van der Waals surface area contributed by atoms with Gasteiger partial charge in [-0.2, -0.15) is 0 Å². The fourth-order valence-electron chi connectivity index (χ4n) is 3.55. The standard InChI is InChI=1S/C15H21N3O/c16-13-6-4-5-12(17-13)14(19)18-10-9-15(11-18)7-2-1-3-8-15/h4-6H,1-3,7-11H2,(H2,16,17). The summed E-state index contributed by atoms with van der Waals surface area (Å²) >= 11 is 0. The second kappa shape index (κ2) is 4.83. The summed E-state index contributed by atoms with van der Waals surface area (Å²) in [5.41, 5.74) is 6.53. The molecular formula is C15H21N3O. The summed E-state index contributed by atoms with van der Waals surface area (Å²) in [6.45, 7) is 1.78. The van der Waals surface area contributed by atoms with E-state index < -0.39 is 0 Å². The Hall–Kier alpha value is -1.58. The molecule has 2 fully saturated rings. The molecule has 1 aliphatic heterocycles. The second-order valence-electron chi connectivity index (χ2n) is 5.99. The fraction of sp³-hybridized carbons (Fsp3) is 0.600. The van der Waals surface area contributed by atoms with E-state index in [1.54, 1.807) is 18.2 Å². The van der Waals surface area contributed by atoms with Crippen molar-refractivity contribution < 1.29 is 4.79 Å². The molecule has 1 saturated carbocycles. The summed E-state index contributed by atoms with van der Waals surface area (Å²) in [5.74, 6) is 0.451. The van der Waals surface area contributed by atoms with Crippen molar-refractivity contribution in [1.29, 1.82) is 0 Å². The van der Waals surface area contributed by atoms with Crippen LogP contribution in [-0.4, -0.2) is 28.9 Å². The summed E-state index contributed by atoms with van der Waals surface area (Å²) in [7, 11) is 0. The molecule has 0 radical (unpaired) electrons. The molecule has 102 valence electrons. The van der Waals surface area contributed by atoms with Crippen molar-refractivity contribution in [2.75, 3.05) is 18.8 Å². The number of anilines is 1. The first kappa shape index (κ1) is 12.5. The van der Waals surface area contributed by atoms with E-state index in [0.29, 0.717) is 16.9 Å². The highest BCUT2D eigenvalue weighted by Crippen LogP contribution is 2.43. The molecule has 1 amide bonds. The maximum absolute atomic E-state index is 12.4. The van der Waals surface area contributed by atoms with Crippen LogP contribution >= 0.6 is 0 Å². The van der Waals surface area contributed by atoms with Crippen LogP contribution in [0.4, 0.5) is 5.82 Å². The zero-order valence-corrected chi connectivity index (χ0v) is 11.3. The average molecular weight is 259 g/mol. The van der Waals surface area contributed by atoms with Crippen molar-refractivity contribution >= 4 is 11.7 Å². The quantitative estimate of drug-likeness (QED) is 0.842. The minimum atomic E-state index is 0.0368. The largest absolute Gasteiger partial charge is 0.384 e. The number of hydrogen-bond donors (Lipinski definition) is 1. The molecule has 4 heteroatoms. The number of nitrogens with two attached hydrogens (primary N) is 1. The van der Waals surface area contributed by atoms with Gasteiger partial charge in [0.2, 0.25) is 0 Å². The number of carbonyl (C=O) groups is 1. The Labute approximate surface area is 114 Å². The number of nitrogen functional groups attached to an aromatic ring is 1. The third-order valence-corrected chi connectivity index (χ3v) is 4.63. The Morgan fingerprint density at radius 3 is 2.74 bits per heavy atom. The second-order valence-corrected chi connectivity index (χ2v) is 5.99. The lowest BCUT2D eigenvalue weighted by Gasteiger charge is -2.33. The van der Waals surface area contributed by atoms with Crippen molar-refractivity contribution in [1.82, 2.24) is 9.88 Å². The molecule has 19 heavy (non-hydrogen) atoms. The van der Waals surface area contributed by atoms with Gasteiger partial charge in [-0.25, -0.2) is 4.98 Å². The molecule has 4 nitrogen and oxygen atoms in total. The summed E-state index contributed by atoms with van der Waals surface area (Å²) < 4.78 is 0. The van der Waals surface area contributed by atoms with Crippen LogP contribution in [0.5, 0.6) is 0 Å². The first-order valence-electron chi connectivity index (χ1n) is 7.20. The number of rotatable bonds is 1. The van der Waals surface area contributed by atoms with Crippen LogP contribution in [0, 0.1) is 5.41 Å². The summed E-state index contributed by atoms with van der Waals surface area (Å²) in [4.78, 5) is 18.5. The molecule has 0 bridgehead atoms. The lowest BCUT2D eigenvalue weighted by Crippen LogP contribution is -2.33. The zero-order valence-electron chi connectivity index (χ0n) is 11.3. The summed E-state index contributed by atoms with van der Waals surface area (Å²) in [6, 6.07) is 5.26. The molecule has 3 rings (SSSR count). The van der Waals surface area contributed by atoms with E-state index in [2.05, 4.69) is 4.98 Å². The van der Waals surface area contributed by atoms with Gasteiger partial charge in [0.15, 0.2) is 0 Å². The number of nitrogens with zero attached hydrogens (tertiary/aromatic N) is 2. The van der Waals surface area contributed by atoms with Gasteiger partial charge in [0.25, 0.3) is 5.91 Å². The molecule has 0 unspecified atom stereocenters. The first-order valence-corrected chi connectivity index (χ1v) is 7.20. The highest BCUT2D eigenvalue weighted by atomic mass is 16.2. The van der Waals surface area contributed by atoms with Crippen LogP contribution in [0.2, 0.25) is 0 Å². The molecule has 1 aliphatic carbocycles. The normalized spacial score (nSPS) is 21.8. The van der Waals surface area contributed by atoms with Crippen molar-refractivity contribution in [2.45, 2.75) is 38.5 Å². The number of aromatic nitrogens is 1. The highest BCUT2D eigenvalue weighted by Gasteiger charge is 2.40. The summed E-state index contributed by atoms with van der Waals surface area (Å²) in [5, 5.41) is 0. The zero-order chi connectivity index (χ0) is 13.3.